The predicted octanol–water partition coefficient (Wildman–Crippen LogP) is 6.23. The first-order chi connectivity index (χ1) is 14.0. The van der Waals surface area contributed by atoms with Gasteiger partial charge in [0.05, 0.1) is 12.5 Å². The smallest absolute Gasteiger partial charge is 0.225 e. The highest BCUT2D eigenvalue weighted by Gasteiger charge is 2.17. The molecule has 4 nitrogen and oxygen atoms in total. The molecule has 0 radical (unpaired) electrons. The van der Waals surface area contributed by atoms with Gasteiger partial charge in [0.15, 0.2) is 5.78 Å². The van der Waals surface area contributed by atoms with E-state index in [1.165, 1.54) is 23.6 Å². The molecule has 0 spiro atoms. The van der Waals surface area contributed by atoms with Crippen LogP contribution in [0.4, 0.5) is 0 Å². The van der Waals surface area contributed by atoms with Crippen LogP contribution in [-0.4, -0.2) is 34.3 Å². The second-order valence-electron chi connectivity index (χ2n) is 7.96. The normalized spacial score (nSPS) is 12.8. The van der Waals surface area contributed by atoms with Gasteiger partial charge in [0, 0.05) is 11.5 Å². The van der Waals surface area contributed by atoms with Crippen molar-refractivity contribution in [1.29, 1.82) is 0 Å². The Balaban J connectivity index is 4.30. The lowest BCUT2D eigenvalue weighted by Gasteiger charge is -2.15. The van der Waals surface area contributed by atoms with Gasteiger partial charge in [0.1, 0.15) is 5.76 Å². The minimum atomic E-state index is -0.539. The number of hydrogen-bond acceptors (Lipinski definition) is 4. The number of rotatable bonds is 15. The van der Waals surface area contributed by atoms with Crippen LogP contribution >= 0.6 is 11.8 Å². The number of thioether (sulfide) groups is 1. The largest absolute Gasteiger partial charge is 0.508 e. The fourth-order valence-corrected chi connectivity index (χ4v) is 3.62. The van der Waals surface area contributed by atoms with Gasteiger partial charge < -0.3 is 10.4 Å². The molecule has 1 atom stereocenters. The third-order valence-corrected chi connectivity index (χ3v) is 5.54. The molecule has 0 bridgehead atoms. The highest BCUT2D eigenvalue weighted by atomic mass is 32.2. The molecular formula is C25H39NO3S. The molecule has 0 fully saturated rings. The van der Waals surface area contributed by atoms with Crippen molar-refractivity contribution in [1.82, 2.24) is 5.32 Å². The quantitative estimate of drug-likeness (QED) is 0.139. The maximum atomic E-state index is 12.0. The minimum absolute atomic E-state index is 0.0654. The summed E-state index contributed by atoms with van der Waals surface area (Å²) in [6.07, 6.45) is 11.0. The Morgan fingerprint density at radius 3 is 2.07 bits per heavy atom. The molecule has 0 aromatic rings. The molecule has 0 aromatic carbocycles. The van der Waals surface area contributed by atoms with Gasteiger partial charge in [-0.3, -0.25) is 9.59 Å². The number of amides is 1. The van der Waals surface area contributed by atoms with E-state index < -0.39 is 6.04 Å². The Kier molecular flexibility index (Phi) is 14.7. The predicted molar refractivity (Wildman–Crippen MR) is 131 cm³/mol. The summed E-state index contributed by atoms with van der Waals surface area (Å²) in [5.41, 5.74) is 4.38. The molecule has 5 heteroatoms. The molecule has 0 heterocycles. The van der Waals surface area contributed by atoms with Gasteiger partial charge >= 0.3 is 0 Å². The maximum Gasteiger partial charge on any atom is 0.225 e. The lowest BCUT2D eigenvalue weighted by atomic mass is 10.1. The van der Waals surface area contributed by atoms with Crippen LogP contribution in [-0.2, 0) is 9.59 Å². The van der Waals surface area contributed by atoms with Crippen LogP contribution in [0, 0.1) is 0 Å². The lowest BCUT2D eigenvalue weighted by molar-refractivity contribution is -0.126. The van der Waals surface area contributed by atoms with Crippen molar-refractivity contribution in [2.24, 2.45) is 0 Å². The number of Topliss-reactive ketones (excluding diaryl/α,β-unsaturated/α-hetero) is 1. The number of nitrogens with one attached hydrogen (secondary N) is 1. The van der Waals surface area contributed by atoms with Crippen molar-refractivity contribution in [3.05, 3.63) is 59.4 Å². The SMILES string of the molecule is C=C(O)C(=C)CC(=O)N[C@@H](CSC/C=C(\C)CC/C=C(\C)CCC=C(C)C)C(C)=O. The van der Waals surface area contributed by atoms with E-state index in [4.69, 9.17) is 0 Å². The fourth-order valence-electron chi connectivity index (χ4n) is 2.53. The lowest BCUT2D eigenvalue weighted by Crippen LogP contribution is -2.41. The summed E-state index contributed by atoms with van der Waals surface area (Å²) in [6.45, 7) is 17.0. The third kappa shape index (κ3) is 14.9. The van der Waals surface area contributed by atoms with E-state index in [1.807, 2.05) is 0 Å². The van der Waals surface area contributed by atoms with Crippen LogP contribution in [0.5, 0.6) is 0 Å². The Labute approximate surface area is 187 Å². The van der Waals surface area contributed by atoms with Gasteiger partial charge in [-0.1, -0.05) is 48.1 Å². The highest BCUT2D eigenvalue weighted by Crippen LogP contribution is 2.13. The van der Waals surface area contributed by atoms with Crippen LogP contribution in [0.2, 0.25) is 0 Å². The topological polar surface area (TPSA) is 66.4 Å². The van der Waals surface area contributed by atoms with Gasteiger partial charge in [0.25, 0.3) is 0 Å². The Morgan fingerprint density at radius 2 is 1.53 bits per heavy atom. The number of ketones is 1. The van der Waals surface area contributed by atoms with Gasteiger partial charge in [-0.15, -0.1) is 0 Å². The first-order valence-corrected chi connectivity index (χ1v) is 11.6. The number of hydrogen-bond donors (Lipinski definition) is 2. The first kappa shape index (κ1) is 28.0. The molecule has 0 rings (SSSR count). The molecule has 0 aliphatic carbocycles. The zero-order valence-electron chi connectivity index (χ0n) is 19.3. The van der Waals surface area contributed by atoms with Crippen molar-refractivity contribution in [2.75, 3.05) is 11.5 Å². The Hall–Kier alpha value is -2.01. The Morgan fingerprint density at radius 1 is 0.967 bits per heavy atom. The number of aliphatic hydroxyl groups is 1. The zero-order valence-corrected chi connectivity index (χ0v) is 20.2. The summed E-state index contributed by atoms with van der Waals surface area (Å²) >= 11 is 1.62. The van der Waals surface area contributed by atoms with Crippen molar-refractivity contribution in [3.8, 4) is 0 Å². The number of carbonyl (C=O) groups is 2. The van der Waals surface area contributed by atoms with Crippen molar-refractivity contribution in [2.45, 2.75) is 72.8 Å². The van der Waals surface area contributed by atoms with Gasteiger partial charge in [0.2, 0.25) is 5.91 Å². The summed E-state index contributed by atoms with van der Waals surface area (Å²) < 4.78 is 0. The summed E-state index contributed by atoms with van der Waals surface area (Å²) in [4.78, 5) is 23.8. The van der Waals surface area contributed by atoms with Crippen molar-refractivity contribution < 1.29 is 14.7 Å². The van der Waals surface area contributed by atoms with Crippen LogP contribution < -0.4 is 5.32 Å². The minimum Gasteiger partial charge on any atom is -0.508 e. The second-order valence-corrected chi connectivity index (χ2v) is 9.03. The molecule has 0 aliphatic heterocycles. The van der Waals surface area contributed by atoms with Crippen LogP contribution in [0.15, 0.2) is 59.4 Å². The molecule has 0 unspecified atom stereocenters. The monoisotopic (exact) mass is 433 g/mol. The summed E-state index contributed by atoms with van der Waals surface area (Å²) in [7, 11) is 0. The highest BCUT2D eigenvalue weighted by molar-refractivity contribution is 7.99. The Bertz CT molecular complexity index is 697. The van der Waals surface area contributed by atoms with Crippen molar-refractivity contribution >= 4 is 23.5 Å². The number of aliphatic hydroxyl groups excluding tert-OH is 1. The molecule has 0 aromatic heterocycles. The van der Waals surface area contributed by atoms with Gasteiger partial charge in [-0.05, 0) is 65.9 Å². The summed E-state index contributed by atoms with van der Waals surface area (Å²) in [5, 5.41) is 11.9. The maximum absolute atomic E-state index is 12.0. The van der Waals surface area contributed by atoms with E-state index in [2.05, 4.69) is 64.4 Å². The summed E-state index contributed by atoms with van der Waals surface area (Å²) in [5.74, 6) is 0.681. The van der Waals surface area contributed by atoms with Crippen LogP contribution in [0.1, 0.15) is 66.7 Å². The molecule has 30 heavy (non-hydrogen) atoms. The average Bonchev–Trinajstić information content (AvgIpc) is 2.63. The molecule has 0 saturated carbocycles. The van der Waals surface area contributed by atoms with E-state index in [0.29, 0.717) is 5.75 Å². The molecule has 0 saturated heterocycles. The van der Waals surface area contributed by atoms with E-state index in [0.717, 1.165) is 31.4 Å². The van der Waals surface area contributed by atoms with E-state index >= 15 is 0 Å². The number of carbonyl (C=O) groups excluding carboxylic acids is 2. The van der Waals surface area contributed by atoms with Gasteiger partial charge in [-0.2, -0.15) is 11.8 Å². The molecular weight excluding hydrogens is 394 g/mol. The van der Waals surface area contributed by atoms with E-state index in [-0.39, 0.29) is 29.4 Å². The number of allylic oxidation sites excluding steroid dienone is 6. The summed E-state index contributed by atoms with van der Waals surface area (Å²) in [6, 6.07) is -0.539. The average molecular weight is 434 g/mol. The second kappa shape index (κ2) is 15.8. The molecule has 1 amide bonds. The van der Waals surface area contributed by atoms with Crippen molar-refractivity contribution in [3.63, 3.8) is 0 Å². The van der Waals surface area contributed by atoms with Gasteiger partial charge in [-0.25, -0.2) is 0 Å². The fraction of sp³-hybridized carbons (Fsp3) is 0.520. The van der Waals surface area contributed by atoms with Crippen LogP contribution in [0.25, 0.3) is 0 Å². The molecule has 2 N–H and O–H groups in total. The first-order valence-electron chi connectivity index (χ1n) is 10.4. The zero-order chi connectivity index (χ0) is 23.1. The van der Waals surface area contributed by atoms with E-state index in [9.17, 15) is 14.7 Å². The standard InChI is InChI=1S/C25H39NO3S/c1-18(2)10-8-11-19(3)12-9-13-20(4)14-15-30-17-24(23(7)28)26-25(29)16-21(5)22(6)27/h10,12,14,24,27H,5-6,8-9,11,13,15-17H2,1-4,7H3,(H,26,29)/b19-12+,20-14+/t24-/m0/s1. The molecule has 0 aliphatic rings. The molecule has 168 valence electrons. The third-order valence-electron chi connectivity index (χ3n) is 4.56. The van der Waals surface area contributed by atoms with Crippen LogP contribution in [0.3, 0.4) is 0 Å². The van der Waals surface area contributed by atoms with E-state index in [1.54, 1.807) is 11.8 Å².